The Balaban J connectivity index is 3.61. The lowest BCUT2D eigenvalue weighted by molar-refractivity contribution is -0.122. The summed E-state index contributed by atoms with van der Waals surface area (Å²) in [6.45, 7) is 4.28. The fourth-order valence-corrected chi connectivity index (χ4v) is 1.41. The minimum atomic E-state index is -3.13. The Morgan fingerprint density at radius 2 is 1.87 bits per heavy atom. The molecule has 0 rings (SSSR count). The van der Waals surface area contributed by atoms with E-state index in [1.165, 1.54) is 0 Å². The van der Waals surface area contributed by atoms with Gasteiger partial charge in [-0.05, 0) is 20.3 Å². The number of sulfonamides is 1. The summed E-state index contributed by atoms with van der Waals surface area (Å²) < 4.78 is 23.1. The van der Waals surface area contributed by atoms with Gasteiger partial charge in [-0.15, -0.1) is 0 Å². The van der Waals surface area contributed by atoms with Gasteiger partial charge in [-0.3, -0.25) is 4.79 Å². The van der Waals surface area contributed by atoms with E-state index in [1.54, 1.807) is 13.8 Å². The van der Waals surface area contributed by atoms with Crippen LogP contribution in [-0.4, -0.2) is 38.0 Å². The average Bonchev–Trinajstić information content (AvgIpc) is 1.99. The maximum atomic E-state index is 11.3. The molecule has 0 aliphatic heterocycles. The zero-order valence-corrected chi connectivity index (χ0v) is 11.5. The fourth-order valence-electron chi connectivity index (χ4n) is 0.758. The van der Waals surface area contributed by atoms with Gasteiger partial charge in [-0.25, -0.2) is 13.1 Å². The van der Waals surface area contributed by atoms with Crippen molar-refractivity contribution in [2.24, 2.45) is 0 Å². The maximum Gasteiger partial charge on any atom is 0.236 e. The Morgan fingerprint density at radius 3 is 2.27 bits per heavy atom. The number of hydrogen-bond donors (Lipinski definition) is 2. The lowest BCUT2D eigenvalue weighted by Gasteiger charge is -2.15. The molecule has 0 fully saturated rings. The highest BCUT2D eigenvalue weighted by Gasteiger charge is 2.22. The summed E-state index contributed by atoms with van der Waals surface area (Å²) in [5.74, 6) is -0.109. The summed E-state index contributed by atoms with van der Waals surface area (Å²) in [6, 6.07) is 0. The standard InChI is InChI=1S/C8H17BrN2O3S/c1-8(2,9)7(12)10-5-4-6-11-15(3,13)14/h11H,4-6H2,1-3H3,(H,10,12). The lowest BCUT2D eigenvalue weighted by atomic mass is 10.2. The van der Waals surface area contributed by atoms with E-state index in [9.17, 15) is 13.2 Å². The number of halogens is 1. The highest BCUT2D eigenvalue weighted by atomic mass is 79.9. The van der Waals surface area contributed by atoms with Crippen LogP contribution in [0.2, 0.25) is 0 Å². The first-order valence-corrected chi connectivity index (χ1v) is 7.23. The van der Waals surface area contributed by atoms with Gasteiger partial charge >= 0.3 is 0 Å². The van der Waals surface area contributed by atoms with Gasteiger partial charge in [0.15, 0.2) is 0 Å². The molecular weight excluding hydrogens is 284 g/mol. The van der Waals surface area contributed by atoms with Gasteiger partial charge in [0.25, 0.3) is 0 Å². The summed E-state index contributed by atoms with van der Waals surface area (Å²) in [5.41, 5.74) is 0. The number of hydrogen-bond acceptors (Lipinski definition) is 3. The normalized spacial score (nSPS) is 12.5. The molecule has 2 N–H and O–H groups in total. The van der Waals surface area contributed by atoms with Crippen molar-refractivity contribution in [3.8, 4) is 0 Å². The molecule has 1 amide bonds. The second kappa shape index (κ2) is 5.81. The molecule has 90 valence electrons. The average molecular weight is 301 g/mol. The number of alkyl halides is 1. The molecule has 0 radical (unpaired) electrons. The molecule has 0 aliphatic carbocycles. The van der Waals surface area contributed by atoms with E-state index in [2.05, 4.69) is 26.0 Å². The van der Waals surface area contributed by atoms with Crippen LogP contribution >= 0.6 is 15.9 Å². The Labute approximate surface area is 99.2 Å². The van der Waals surface area contributed by atoms with E-state index in [0.29, 0.717) is 19.5 Å². The van der Waals surface area contributed by atoms with Crippen molar-refractivity contribution in [2.75, 3.05) is 19.3 Å². The van der Waals surface area contributed by atoms with E-state index in [-0.39, 0.29) is 5.91 Å². The number of rotatable bonds is 6. The molecule has 5 nitrogen and oxygen atoms in total. The second-order valence-corrected chi connectivity index (χ2v) is 7.56. The van der Waals surface area contributed by atoms with E-state index in [1.807, 2.05) is 0 Å². The lowest BCUT2D eigenvalue weighted by Crippen LogP contribution is -2.38. The first-order chi connectivity index (χ1) is 6.63. The molecule has 0 spiro atoms. The third-order valence-corrected chi connectivity index (χ3v) is 2.63. The molecule has 0 saturated carbocycles. The van der Waals surface area contributed by atoms with Crippen molar-refractivity contribution in [3.63, 3.8) is 0 Å². The van der Waals surface area contributed by atoms with Crippen LogP contribution < -0.4 is 10.0 Å². The van der Waals surface area contributed by atoms with Crippen LogP contribution in [0.5, 0.6) is 0 Å². The van der Waals surface area contributed by atoms with Crippen molar-refractivity contribution in [1.29, 1.82) is 0 Å². The molecule has 0 aromatic rings. The number of amides is 1. The Hall–Kier alpha value is -0.140. The van der Waals surface area contributed by atoms with Gasteiger partial charge in [0.2, 0.25) is 15.9 Å². The quantitative estimate of drug-likeness (QED) is 0.544. The monoisotopic (exact) mass is 300 g/mol. The van der Waals surface area contributed by atoms with Gasteiger partial charge < -0.3 is 5.32 Å². The van der Waals surface area contributed by atoms with Crippen LogP contribution in [0.1, 0.15) is 20.3 Å². The van der Waals surface area contributed by atoms with Crippen molar-refractivity contribution >= 4 is 31.9 Å². The van der Waals surface area contributed by atoms with Crippen molar-refractivity contribution < 1.29 is 13.2 Å². The van der Waals surface area contributed by atoms with E-state index in [0.717, 1.165) is 6.26 Å². The third-order valence-electron chi connectivity index (χ3n) is 1.54. The Morgan fingerprint density at radius 1 is 1.33 bits per heavy atom. The zero-order valence-electron chi connectivity index (χ0n) is 9.13. The van der Waals surface area contributed by atoms with Gasteiger partial charge in [-0.1, -0.05) is 15.9 Å². The van der Waals surface area contributed by atoms with Gasteiger partial charge in [0, 0.05) is 13.1 Å². The smallest absolute Gasteiger partial charge is 0.236 e. The Bertz CT molecular complexity index is 308. The third kappa shape index (κ3) is 8.83. The van der Waals surface area contributed by atoms with Crippen molar-refractivity contribution in [2.45, 2.75) is 24.6 Å². The first kappa shape index (κ1) is 14.9. The van der Waals surface area contributed by atoms with E-state index >= 15 is 0 Å². The van der Waals surface area contributed by atoms with Crippen LogP contribution in [-0.2, 0) is 14.8 Å². The molecule has 0 bridgehead atoms. The molecule has 0 unspecified atom stereocenters. The zero-order chi connectivity index (χ0) is 12.1. The molecule has 0 atom stereocenters. The van der Waals surface area contributed by atoms with Crippen molar-refractivity contribution in [1.82, 2.24) is 10.0 Å². The van der Waals surface area contributed by atoms with Gasteiger partial charge in [0.05, 0.1) is 10.6 Å². The molecule has 0 heterocycles. The largest absolute Gasteiger partial charge is 0.355 e. The van der Waals surface area contributed by atoms with E-state index in [4.69, 9.17) is 0 Å². The molecule has 0 saturated heterocycles. The highest BCUT2D eigenvalue weighted by Crippen LogP contribution is 2.14. The van der Waals surface area contributed by atoms with Gasteiger partial charge in [-0.2, -0.15) is 0 Å². The molecule has 7 heteroatoms. The van der Waals surface area contributed by atoms with Crippen LogP contribution in [0.15, 0.2) is 0 Å². The maximum absolute atomic E-state index is 11.3. The molecule has 15 heavy (non-hydrogen) atoms. The summed E-state index contributed by atoms with van der Waals surface area (Å²) in [7, 11) is -3.13. The van der Waals surface area contributed by atoms with E-state index < -0.39 is 14.3 Å². The SMILES string of the molecule is CC(C)(Br)C(=O)NCCCNS(C)(=O)=O. The minimum absolute atomic E-state index is 0.109. The fraction of sp³-hybridized carbons (Fsp3) is 0.875. The molecule has 0 aliphatic rings. The van der Waals surface area contributed by atoms with Crippen LogP contribution in [0.25, 0.3) is 0 Å². The van der Waals surface area contributed by atoms with Gasteiger partial charge in [0.1, 0.15) is 0 Å². The van der Waals surface area contributed by atoms with Crippen molar-refractivity contribution in [3.05, 3.63) is 0 Å². The summed E-state index contributed by atoms with van der Waals surface area (Å²) in [5, 5.41) is 2.69. The predicted molar refractivity (Wildman–Crippen MR) is 63.5 cm³/mol. The van der Waals surface area contributed by atoms with Crippen LogP contribution in [0.4, 0.5) is 0 Å². The summed E-state index contributed by atoms with van der Waals surface area (Å²) >= 11 is 3.22. The summed E-state index contributed by atoms with van der Waals surface area (Å²) in [4.78, 5) is 11.3. The number of carbonyl (C=O) groups excluding carboxylic acids is 1. The highest BCUT2D eigenvalue weighted by molar-refractivity contribution is 9.10. The Kier molecular flexibility index (Phi) is 5.76. The molecule has 0 aromatic carbocycles. The minimum Gasteiger partial charge on any atom is -0.355 e. The molecular formula is C8H17BrN2O3S. The molecule has 0 aromatic heterocycles. The first-order valence-electron chi connectivity index (χ1n) is 4.55. The number of nitrogens with one attached hydrogen (secondary N) is 2. The number of carbonyl (C=O) groups is 1. The predicted octanol–water partition coefficient (Wildman–Crippen LogP) is 0.215. The summed E-state index contributed by atoms with van der Waals surface area (Å²) in [6.07, 6.45) is 1.68. The second-order valence-electron chi connectivity index (χ2n) is 3.75. The van der Waals surface area contributed by atoms with Crippen LogP contribution in [0.3, 0.4) is 0 Å². The van der Waals surface area contributed by atoms with Crippen LogP contribution in [0, 0.1) is 0 Å². The topological polar surface area (TPSA) is 75.3 Å².